The van der Waals surface area contributed by atoms with Gasteiger partial charge in [-0.25, -0.2) is 4.79 Å². The average molecular weight is 382 g/mol. The first kappa shape index (κ1) is 16.1. The van der Waals surface area contributed by atoms with Crippen LogP contribution in [0.5, 0.6) is 0 Å². The lowest BCUT2D eigenvalue weighted by Crippen LogP contribution is -2.50. The zero-order valence-electron chi connectivity index (χ0n) is 13.5. The maximum absolute atomic E-state index is 12.1. The molecule has 2 heterocycles. The first-order valence-corrected chi connectivity index (χ1v) is 8.40. The average Bonchev–Trinajstić information content (AvgIpc) is 2.88. The summed E-state index contributed by atoms with van der Waals surface area (Å²) in [5, 5.41) is 5.09. The number of piperazine rings is 1. The van der Waals surface area contributed by atoms with Crippen molar-refractivity contribution in [2.75, 3.05) is 31.1 Å². The number of nitrogens with zero attached hydrogens (tertiary/aromatic N) is 3. The number of halogens is 1. The maximum atomic E-state index is 12.1. The molecule has 1 saturated heterocycles. The summed E-state index contributed by atoms with van der Waals surface area (Å²) in [6.07, 6.45) is -0.261. The van der Waals surface area contributed by atoms with Gasteiger partial charge in [-0.3, -0.25) is 0 Å². The smallest absolute Gasteiger partial charge is 0.410 e. The third-order valence-electron chi connectivity index (χ3n) is 3.64. The second-order valence-electron chi connectivity index (χ2n) is 6.60. The summed E-state index contributed by atoms with van der Waals surface area (Å²) in [5.41, 5.74) is 0.354. The molecule has 0 saturated carbocycles. The second-order valence-corrected chi connectivity index (χ2v) is 7.52. The van der Waals surface area contributed by atoms with Crippen molar-refractivity contribution < 1.29 is 14.1 Å². The number of carbonyl (C=O) groups excluding carboxylic acids is 1. The molecule has 1 aliphatic rings. The van der Waals surface area contributed by atoms with E-state index in [-0.39, 0.29) is 6.09 Å². The number of hydrogen-bond acceptors (Lipinski definition) is 5. The topological polar surface area (TPSA) is 58.8 Å². The van der Waals surface area contributed by atoms with E-state index < -0.39 is 5.60 Å². The van der Waals surface area contributed by atoms with Crippen molar-refractivity contribution in [1.29, 1.82) is 0 Å². The highest BCUT2D eigenvalue weighted by molar-refractivity contribution is 9.10. The van der Waals surface area contributed by atoms with Gasteiger partial charge in [-0.15, -0.1) is 0 Å². The third-order valence-corrected chi connectivity index (χ3v) is 4.13. The lowest BCUT2D eigenvalue weighted by Gasteiger charge is -2.35. The summed E-state index contributed by atoms with van der Waals surface area (Å²) in [4.78, 5) is 15.9. The van der Waals surface area contributed by atoms with Gasteiger partial charge in [0.15, 0.2) is 0 Å². The Bertz CT molecular complexity index is 715. The Kier molecular flexibility index (Phi) is 4.23. The zero-order chi connectivity index (χ0) is 16.6. The number of amides is 1. The first-order valence-electron chi connectivity index (χ1n) is 7.61. The van der Waals surface area contributed by atoms with Gasteiger partial charge in [0.1, 0.15) is 11.1 Å². The molecule has 1 aromatic carbocycles. The fourth-order valence-corrected chi connectivity index (χ4v) is 2.90. The van der Waals surface area contributed by atoms with E-state index in [2.05, 4.69) is 26.0 Å². The number of ether oxygens (including phenoxy) is 1. The number of benzene rings is 1. The minimum Gasteiger partial charge on any atom is -0.444 e. The largest absolute Gasteiger partial charge is 0.444 e. The molecule has 2 aromatic rings. The Labute approximate surface area is 143 Å². The van der Waals surface area contributed by atoms with Crippen LogP contribution in [0.25, 0.3) is 10.9 Å². The van der Waals surface area contributed by atoms with Crippen LogP contribution in [0.3, 0.4) is 0 Å². The lowest BCUT2D eigenvalue weighted by molar-refractivity contribution is 0.0239. The van der Waals surface area contributed by atoms with Crippen LogP contribution in [0.2, 0.25) is 0 Å². The van der Waals surface area contributed by atoms with Gasteiger partial charge < -0.3 is 19.1 Å². The molecule has 1 amide bonds. The number of anilines is 1. The molecule has 1 aliphatic heterocycles. The van der Waals surface area contributed by atoms with Crippen LogP contribution in [0.15, 0.2) is 27.2 Å². The van der Waals surface area contributed by atoms with Crippen LogP contribution < -0.4 is 4.90 Å². The minimum atomic E-state index is -0.470. The number of hydrogen-bond donors (Lipinski definition) is 0. The van der Waals surface area contributed by atoms with Gasteiger partial charge in [-0.1, -0.05) is 21.1 Å². The molecule has 3 rings (SSSR count). The van der Waals surface area contributed by atoms with Crippen LogP contribution in [-0.2, 0) is 4.74 Å². The molecule has 0 N–H and O–H groups in total. The van der Waals surface area contributed by atoms with Gasteiger partial charge >= 0.3 is 6.09 Å². The van der Waals surface area contributed by atoms with Crippen molar-refractivity contribution in [3.05, 3.63) is 22.7 Å². The van der Waals surface area contributed by atoms with E-state index in [9.17, 15) is 4.79 Å². The molecule has 23 heavy (non-hydrogen) atoms. The Hall–Kier alpha value is -1.76. The molecule has 0 aliphatic carbocycles. The number of carbonyl (C=O) groups is 1. The summed E-state index contributed by atoms with van der Waals surface area (Å²) in [7, 11) is 0. The van der Waals surface area contributed by atoms with Crippen LogP contribution in [0.1, 0.15) is 20.8 Å². The highest BCUT2D eigenvalue weighted by Gasteiger charge is 2.27. The van der Waals surface area contributed by atoms with Gasteiger partial charge in [-0.2, -0.15) is 0 Å². The highest BCUT2D eigenvalue weighted by atomic mass is 79.9. The fourth-order valence-electron chi connectivity index (χ4n) is 2.55. The van der Waals surface area contributed by atoms with E-state index >= 15 is 0 Å². The molecular weight excluding hydrogens is 362 g/mol. The van der Waals surface area contributed by atoms with Crippen molar-refractivity contribution in [2.24, 2.45) is 0 Å². The van der Waals surface area contributed by atoms with E-state index in [4.69, 9.17) is 9.26 Å². The van der Waals surface area contributed by atoms with Crippen LogP contribution >= 0.6 is 15.9 Å². The normalized spacial score (nSPS) is 16.0. The molecule has 1 fully saturated rings. The number of rotatable bonds is 1. The molecule has 1 aromatic heterocycles. The molecule has 0 bridgehead atoms. The second kappa shape index (κ2) is 6.03. The molecular formula is C16H20BrN3O3. The SMILES string of the molecule is CC(C)(C)OC(=O)N1CCN(c2onc3cc(Br)ccc23)CC1. The van der Waals surface area contributed by atoms with Crippen molar-refractivity contribution in [1.82, 2.24) is 10.1 Å². The van der Waals surface area contributed by atoms with Crippen molar-refractivity contribution in [2.45, 2.75) is 26.4 Å². The molecule has 0 radical (unpaired) electrons. The van der Waals surface area contributed by atoms with Crippen LogP contribution in [0.4, 0.5) is 10.7 Å². The molecule has 6 nitrogen and oxygen atoms in total. The van der Waals surface area contributed by atoms with E-state index in [1.54, 1.807) is 4.90 Å². The molecule has 0 atom stereocenters. The molecule has 0 unspecified atom stereocenters. The Balaban J connectivity index is 1.67. The van der Waals surface area contributed by atoms with E-state index in [1.807, 2.05) is 39.0 Å². The summed E-state index contributed by atoms with van der Waals surface area (Å²) in [5.74, 6) is 0.760. The summed E-state index contributed by atoms with van der Waals surface area (Å²) in [6.45, 7) is 8.22. The standard InChI is InChI=1S/C16H20BrN3O3/c1-16(2,3)22-15(21)20-8-6-19(7-9-20)14-12-5-4-11(17)10-13(12)18-23-14/h4-5,10H,6-9H2,1-3H3. The predicted molar refractivity (Wildman–Crippen MR) is 91.7 cm³/mol. The molecule has 0 spiro atoms. The third kappa shape index (κ3) is 3.60. The Morgan fingerprint density at radius 2 is 1.96 bits per heavy atom. The van der Waals surface area contributed by atoms with Crippen LogP contribution in [-0.4, -0.2) is 47.9 Å². The lowest BCUT2D eigenvalue weighted by atomic mass is 10.2. The maximum Gasteiger partial charge on any atom is 0.410 e. The predicted octanol–water partition coefficient (Wildman–Crippen LogP) is 3.65. The minimum absolute atomic E-state index is 0.261. The first-order chi connectivity index (χ1) is 10.8. The summed E-state index contributed by atoms with van der Waals surface area (Å²) in [6, 6.07) is 5.89. The van der Waals surface area contributed by atoms with Gasteiger partial charge in [0, 0.05) is 30.7 Å². The number of fused-ring (bicyclic) bond motifs is 1. The van der Waals surface area contributed by atoms with E-state index in [0.717, 1.165) is 21.3 Å². The monoisotopic (exact) mass is 381 g/mol. The Morgan fingerprint density at radius 1 is 1.26 bits per heavy atom. The zero-order valence-corrected chi connectivity index (χ0v) is 15.1. The fraction of sp³-hybridized carbons (Fsp3) is 0.500. The van der Waals surface area contributed by atoms with Gasteiger partial charge in [0.2, 0.25) is 5.88 Å². The molecule has 124 valence electrons. The molecule has 7 heteroatoms. The van der Waals surface area contributed by atoms with Crippen molar-refractivity contribution in [3.8, 4) is 0 Å². The Morgan fingerprint density at radius 3 is 2.61 bits per heavy atom. The van der Waals surface area contributed by atoms with E-state index in [1.165, 1.54) is 0 Å². The van der Waals surface area contributed by atoms with Gasteiger partial charge in [-0.05, 0) is 39.0 Å². The highest BCUT2D eigenvalue weighted by Crippen LogP contribution is 2.29. The van der Waals surface area contributed by atoms with Crippen LogP contribution in [0, 0.1) is 0 Å². The van der Waals surface area contributed by atoms with Crippen molar-refractivity contribution in [3.63, 3.8) is 0 Å². The van der Waals surface area contributed by atoms with Gasteiger partial charge in [0.25, 0.3) is 0 Å². The van der Waals surface area contributed by atoms with Gasteiger partial charge in [0.05, 0.1) is 5.39 Å². The quantitative estimate of drug-likeness (QED) is 0.754. The van der Waals surface area contributed by atoms with Crippen molar-refractivity contribution >= 4 is 38.8 Å². The number of aromatic nitrogens is 1. The summed E-state index contributed by atoms with van der Waals surface area (Å²) >= 11 is 3.43. The summed E-state index contributed by atoms with van der Waals surface area (Å²) < 4.78 is 11.9. The van der Waals surface area contributed by atoms with E-state index in [0.29, 0.717) is 26.2 Å².